The maximum absolute atomic E-state index is 12.0. The Balaban J connectivity index is 2.36. The third-order valence-corrected chi connectivity index (χ3v) is 4.32. The summed E-state index contributed by atoms with van der Waals surface area (Å²) in [6.45, 7) is -1.46. The molecule has 21 heavy (non-hydrogen) atoms. The molecule has 1 unspecified atom stereocenters. The molecular formula is C15H14NO3PS. The first-order chi connectivity index (χ1) is 10.1. The molecule has 0 spiro atoms. The predicted molar refractivity (Wildman–Crippen MR) is 85.4 cm³/mol. The molecule has 4 nitrogen and oxygen atoms in total. The normalized spacial score (nSPS) is 13.2. The zero-order valence-electron chi connectivity index (χ0n) is 11.4. The van der Waals surface area contributed by atoms with Crippen LogP contribution in [0.4, 0.5) is 0 Å². The van der Waals surface area contributed by atoms with E-state index in [2.05, 4.69) is 18.3 Å². The molecule has 0 radical (unpaired) electrons. The molecule has 0 bridgehead atoms. The highest BCUT2D eigenvalue weighted by Gasteiger charge is 2.21. The predicted octanol–water partition coefficient (Wildman–Crippen LogP) is 4.68. The highest BCUT2D eigenvalue weighted by molar-refractivity contribution is 8.44. The quantitative estimate of drug-likeness (QED) is 0.642. The molecule has 0 aliphatic carbocycles. The summed E-state index contributed by atoms with van der Waals surface area (Å²) in [5.41, 5.74) is 2.19. The molecule has 2 aromatic rings. The first-order valence-electron chi connectivity index (χ1n) is 6.32. The first-order valence-corrected chi connectivity index (χ1v) is 9.02. The van der Waals surface area contributed by atoms with Gasteiger partial charge in [0.2, 0.25) is 0 Å². The minimum Gasteiger partial charge on any atom is -0.416 e. The van der Waals surface area contributed by atoms with E-state index in [0.29, 0.717) is 11.3 Å². The van der Waals surface area contributed by atoms with Gasteiger partial charge in [0.05, 0.1) is 18.2 Å². The van der Waals surface area contributed by atoms with Crippen molar-refractivity contribution >= 4 is 19.0 Å². The Morgan fingerprint density at radius 2 is 1.86 bits per heavy atom. The van der Waals surface area contributed by atoms with E-state index < -0.39 is 6.80 Å². The number of rotatable bonds is 5. The highest BCUT2D eigenvalue weighted by Crippen LogP contribution is 2.54. The van der Waals surface area contributed by atoms with Crippen LogP contribution in [0.3, 0.4) is 0 Å². The topological polar surface area (TPSA) is 59.3 Å². The minimum atomic E-state index is -3.44. The van der Waals surface area contributed by atoms with Crippen molar-refractivity contribution < 1.29 is 13.6 Å². The molecule has 0 aliphatic rings. The van der Waals surface area contributed by atoms with Gasteiger partial charge in [0.1, 0.15) is 5.75 Å². The number of benzene rings is 2. The molecule has 6 heteroatoms. The summed E-state index contributed by atoms with van der Waals surface area (Å²) in [4.78, 5) is 0. The maximum atomic E-state index is 12.0. The Kier molecular flexibility index (Phi) is 5.08. The zero-order valence-corrected chi connectivity index (χ0v) is 13.2. The largest absolute Gasteiger partial charge is 0.437 e. The van der Waals surface area contributed by atoms with E-state index in [4.69, 9.17) is 14.3 Å². The number of thiol groups is 1. The van der Waals surface area contributed by atoms with E-state index >= 15 is 0 Å². The molecule has 0 fully saturated rings. The van der Waals surface area contributed by atoms with Crippen LogP contribution in [0.2, 0.25) is 0 Å². The third-order valence-electron chi connectivity index (χ3n) is 2.72. The molecule has 0 aliphatic heterocycles. The average Bonchev–Trinajstić information content (AvgIpc) is 2.47. The smallest absolute Gasteiger partial charge is 0.416 e. The lowest BCUT2D eigenvalue weighted by molar-refractivity contribution is 0.297. The van der Waals surface area contributed by atoms with Gasteiger partial charge in [-0.3, -0.25) is 4.52 Å². The summed E-state index contributed by atoms with van der Waals surface area (Å²) in [6, 6.07) is 16.3. The van der Waals surface area contributed by atoms with Gasteiger partial charge >= 0.3 is 6.80 Å². The molecule has 108 valence electrons. The van der Waals surface area contributed by atoms with Gasteiger partial charge in [-0.15, -0.1) is 0 Å². The van der Waals surface area contributed by atoms with E-state index in [9.17, 15) is 4.57 Å². The second-order valence-electron chi connectivity index (χ2n) is 4.16. The Morgan fingerprint density at radius 1 is 1.19 bits per heavy atom. The number of para-hydroxylation sites is 1. The average molecular weight is 319 g/mol. The lowest BCUT2D eigenvalue weighted by Gasteiger charge is -2.16. The van der Waals surface area contributed by atoms with Crippen LogP contribution in [0.5, 0.6) is 5.75 Å². The van der Waals surface area contributed by atoms with Crippen molar-refractivity contribution in [2.75, 3.05) is 6.61 Å². The molecule has 0 saturated carbocycles. The van der Waals surface area contributed by atoms with Crippen LogP contribution in [-0.4, -0.2) is 6.61 Å². The summed E-state index contributed by atoms with van der Waals surface area (Å²) in [6.07, 6.45) is 0. The van der Waals surface area contributed by atoms with Gasteiger partial charge in [-0.25, -0.2) is 4.57 Å². The Hall–Kier alpha value is -1.73. The van der Waals surface area contributed by atoms with Crippen LogP contribution in [0.15, 0.2) is 48.5 Å². The van der Waals surface area contributed by atoms with Crippen molar-refractivity contribution in [3.63, 3.8) is 0 Å². The lowest BCUT2D eigenvalue weighted by Crippen LogP contribution is -1.94. The van der Waals surface area contributed by atoms with E-state index in [1.54, 1.807) is 31.2 Å². The number of hydrogen-bond acceptors (Lipinski definition) is 4. The van der Waals surface area contributed by atoms with Crippen molar-refractivity contribution in [2.24, 2.45) is 0 Å². The summed E-state index contributed by atoms with van der Waals surface area (Å²) in [7, 11) is 0. The van der Waals surface area contributed by atoms with Gasteiger partial charge in [-0.1, -0.05) is 30.3 Å². The summed E-state index contributed by atoms with van der Waals surface area (Å²) in [5, 5.41) is 8.83. The fraction of sp³-hybridized carbons (Fsp3) is 0.133. The molecule has 0 N–H and O–H groups in total. The van der Waals surface area contributed by atoms with Crippen molar-refractivity contribution in [3.8, 4) is 22.9 Å². The summed E-state index contributed by atoms with van der Waals surface area (Å²) >= 11 is 3.94. The summed E-state index contributed by atoms with van der Waals surface area (Å²) in [5.74, 6) is 0.425. The van der Waals surface area contributed by atoms with Gasteiger partial charge in [-0.2, -0.15) is 5.26 Å². The van der Waals surface area contributed by atoms with Crippen LogP contribution in [0, 0.1) is 11.3 Å². The second kappa shape index (κ2) is 6.82. The van der Waals surface area contributed by atoms with Gasteiger partial charge in [0.15, 0.2) is 0 Å². The molecule has 0 saturated heterocycles. The zero-order chi connectivity index (χ0) is 15.3. The SMILES string of the molecule is CCOP(=O)(S)Oc1ccccc1-c1ccc(C#N)cc1. The van der Waals surface area contributed by atoms with E-state index in [-0.39, 0.29) is 6.61 Å². The standard InChI is InChI=1S/C15H14NO3PS/c1-2-18-20(17,21)19-15-6-4-3-5-14(15)13-9-7-12(11-16)8-10-13/h3-10H,2H2,1H3,(H,17,21). The van der Waals surface area contributed by atoms with Crippen molar-refractivity contribution in [2.45, 2.75) is 6.92 Å². The third kappa shape index (κ3) is 4.12. The molecule has 2 aromatic carbocycles. The van der Waals surface area contributed by atoms with Crippen LogP contribution in [-0.2, 0) is 9.09 Å². The Labute approximate surface area is 129 Å². The Morgan fingerprint density at radius 3 is 2.48 bits per heavy atom. The van der Waals surface area contributed by atoms with Crippen LogP contribution in [0.25, 0.3) is 11.1 Å². The van der Waals surface area contributed by atoms with Gasteiger partial charge < -0.3 is 4.52 Å². The second-order valence-corrected chi connectivity index (χ2v) is 7.01. The Bertz CT molecular complexity index is 710. The number of nitriles is 1. The first kappa shape index (κ1) is 15.7. The molecule has 1 atom stereocenters. The van der Waals surface area contributed by atoms with Crippen molar-refractivity contribution in [1.82, 2.24) is 0 Å². The summed E-state index contributed by atoms with van der Waals surface area (Å²) < 4.78 is 22.5. The van der Waals surface area contributed by atoms with Crippen LogP contribution < -0.4 is 4.52 Å². The highest BCUT2D eigenvalue weighted by atomic mass is 32.7. The van der Waals surface area contributed by atoms with Crippen LogP contribution >= 0.6 is 19.0 Å². The fourth-order valence-corrected chi connectivity index (χ4v) is 3.22. The van der Waals surface area contributed by atoms with Crippen molar-refractivity contribution in [1.29, 1.82) is 5.26 Å². The number of hydrogen-bond donors (Lipinski definition) is 1. The fourth-order valence-electron chi connectivity index (χ4n) is 1.82. The van der Waals surface area contributed by atoms with Gasteiger partial charge in [0, 0.05) is 5.56 Å². The molecule has 0 amide bonds. The van der Waals surface area contributed by atoms with Crippen LogP contribution in [0.1, 0.15) is 12.5 Å². The van der Waals surface area contributed by atoms with Gasteiger partial charge in [0.25, 0.3) is 0 Å². The van der Waals surface area contributed by atoms with E-state index in [1.165, 1.54) is 0 Å². The van der Waals surface area contributed by atoms with E-state index in [0.717, 1.165) is 11.1 Å². The monoisotopic (exact) mass is 319 g/mol. The maximum Gasteiger partial charge on any atom is 0.437 e. The van der Waals surface area contributed by atoms with Crippen molar-refractivity contribution in [3.05, 3.63) is 54.1 Å². The van der Waals surface area contributed by atoms with Gasteiger partial charge in [-0.05, 0) is 42.9 Å². The molecular weight excluding hydrogens is 305 g/mol. The molecule has 0 heterocycles. The molecule has 2 rings (SSSR count). The molecule has 0 aromatic heterocycles. The minimum absolute atomic E-state index is 0.250. The van der Waals surface area contributed by atoms with E-state index in [1.807, 2.05) is 24.3 Å². The number of nitrogens with zero attached hydrogens (tertiary/aromatic N) is 1. The lowest BCUT2D eigenvalue weighted by atomic mass is 10.0.